The van der Waals surface area contributed by atoms with Crippen LogP contribution in [0.5, 0.6) is 0 Å². The van der Waals surface area contributed by atoms with Gasteiger partial charge < -0.3 is 24.4 Å². The number of halogens is 1. The summed E-state index contributed by atoms with van der Waals surface area (Å²) in [7, 11) is 0. The van der Waals surface area contributed by atoms with Crippen LogP contribution in [0.4, 0.5) is 17.3 Å². The zero-order chi connectivity index (χ0) is 19.6. The van der Waals surface area contributed by atoms with Crippen molar-refractivity contribution < 1.29 is 19.1 Å². The average Bonchev–Trinajstić information content (AvgIpc) is 2.65. The van der Waals surface area contributed by atoms with Crippen molar-refractivity contribution in [2.45, 2.75) is 33.0 Å². The molecule has 2 heterocycles. The smallest absolute Gasteiger partial charge is 0.353 e. The summed E-state index contributed by atoms with van der Waals surface area (Å²) in [6, 6.07) is 0. The molecule has 1 N–H and O–H groups in total. The van der Waals surface area contributed by atoms with Crippen molar-refractivity contribution in [1.29, 1.82) is 0 Å². The number of anilines is 2. The molecule has 0 saturated carbocycles. The second-order valence-corrected chi connectivity index (χ2v) is 6.12. The third-order valence-corrected chi connectivity index (χ3v) is 4.11. The molecule has 10 nitrogen and oxygen atoms in total. The van der Waals surface area contributed by atoms with Gasteiger partial charge in [-0.2, -0.15) is 9.97 Å². The molecule has 1 aliphatic heterocycles. The predicted octanol–water partition coefficient (Wildman–Crippen LogP) is 2.47. The monoisotopic (exact) mass is 403 g/mol. The first-order valence-corrected chi connectivity index (χ1v) is 9.46. The van der Waals surface area contributed by atoms with Crippen LogP contribution in [-0.4, -0.2) is 67.2 Å². The zero-order valence-corrected chi connectivity index (χ0v) is 16.4. The van der Waals surface area contributed by atoms with Gasteiger partial charge in [-0.15, -0.1) is 0 Å². The second-order valence-electron chi connectivity index (χ2n) is 5.78. The van der Waals surface area contributed by atoms with E-state index in [4.69, 9.17) is 25.8 Å². The van der Waals surface area contributed by atoms with Gasteiger partial charge in [0.05, 0.1) is 18.1 Å². The SMILES string of the molecule is CCOC(CCCNc1nc(Cl)nc(N2CCOCC2)c1[N+](=O)[O-])OCC. The minimum absolute atomic E-state index is 0.0360. The van der Waals surface area contributed by atoms with Gasteiger partial charge in [-0.25, -0.2) is 0 Å². The van der Waals surface area contributed by atoms with Gasteiger partial charge >= 0.3 is 5.69 Å². The van der Waals surface area contributed by atoms with Crippen molar-refractivity contribution >= 4 is 28.9 Å². The molecule has 0 unspecified atom stereocenters. The molecule has 0 bridgehead atoms. The van der Waals surface area contributed by atoms with Gasteiger partial charge in [0.25, 0.3) is 0 Å². The molecular formula is C16H26ClN5O5. The standard InChI is InChI=1S/C16H26ClN5O5/c1-3-26-12(27-4-2)6-5-7-18-14-13(22(23)24)15(20-16(17)19-14)21-8-10-25-11-9-21/h12H,3-11H2,1-2H3,(H,18,19,20). The molecule has 1 aromatic heterocycles. The molecule has 0 aliphatic carbocycles. The largest absolute Gasteiger partial charge is 0.378 e. The Morgan fingerprint density at radius 2 is 1.96 bits per heavy atom. The molecule has 1 aliphatic rings. The van der Waals surface area contributed by atoms with Gasteiger partial charge in [-0.05, 0) is 31.9 Å². The van der Waals surface area contributed by atoms with Crippen molar-refractivity contribution in [3.05, 3.63) is 15.4 Å². The molecule has 0 radical (unpaired) electrons. The summed E-state index contributed by atoms with van der Waals surface area (Å²) in [6.45, 7) is 7.40. The van der Waals surface area contributed by atoms with Crippen LogP contribution in [0.25, 0.3) is 0 Å². The first-order valence-electron chi connectivity index (χ1n) is 9.08. The van der Waals surface area contributed by atoms with Crippen molar-refractivity contribution in [2.24, 2.45) is 0 Å². The van der Waals surface area contributed by atoms with Crippen molar-refractivity contribution in [2.75, 3.05) is 56.3 Å². The van der Waals surface area contributed by atoms with Crippen LogP contribution in [0.3, 0.4) is 0 Å². The van der Waals surface area contributed by atoms with E-state index >= 15 is 0 Å². The number of ether oxygens (including phenoxy) is 3. The highest BCUT2D eigenvalue weighted by atomic mass is 35.5. The fraction of sp³-hybridized carbons (Fsp3) is 0.750. The number of hydrogen-bond acceptors (Lipinski definition) is 9. The maximum atomic E-state index is 11.7. The lowest BCUT2D eigenvalue weighted by atomic mass is 10.3. The molecule has 0 aromatic carbocycles. The summed E-state index contributed by atoms with van der Waals surface area (Å²) >= 11 is 6.01. The van der Waals surface area contributed by atoms with Crippen LogP contribution in [0.2, 0.25) is 5.28 Å². The Labute approximate surface area is 163 Å². The van der Waals surface area contributed by atoms with Gasteiger partial charge in [0.15, 0.2) is 6.29 Å². The zero-order valence-electron chi connectivity index (χ0n) is 15.6. The predicted molar refractivity (Wildman–Crippen MR) is 101 cm³/mol. The molecule has 1 aromatic rings. The first kappa shape index (κ1) is 21.5. The third-order valence-electron chi connectivity index (χ3n) is 3.95. The van der Waals surface area contributed by atoms with Crippen LogP contribution in [0.15, 0.2) is 0 Å². The highest BCUT2D eigenvalue weighted by molar-refractivity contribution is 6.28. The van der Waals surface area contributed by atoms with E-state index in [1.165, 1.54) is 0 Å². The van der Waals surface area contributed by atoms with E-state index in [9.17, 15) is 10.1 Å². The molecule has 0 amide bonds. The molecule has 2 rings (SSSR count). The van der Waals surface area contributed by atoms with Gasteiger partial charge in [-0.3, -0.25) is 10.1 Å². The first-order chi connectivity index (χ1) is 13.1. The van der Waals surface area contributed by atoms with Crippen LogP contribution in [0.1, 0.15) is 26.7 Å². The van der Waals surface area contributed by atoms with Gasteiger partial charge in [0.2, 0.25) is 16.9 Å². The maximum absolute atomic E-state index is 11.7. The van der Waals surface area contributed by atoms with E-state index in [-0.39, 0.29) is 28.9 Å². The van der Waals surface area contributed by atoms with Crippen LogP contribution < -0.4 is 10.2 Å². The van der Waals surface area contributed by atoms with Gasteiger partial charge in [0, 0.05) is 39.3 Å². The fourth-order valence-electron chi connectivity index (χ4n) is 2.77. The summed E-state index contributed by atoms with van der Waals surface area (Å²) in [6.07, 6.45) is 1.07. The second kappa shape index (κ2) is 11.2. The molecule has 27 heavy (non-hydrogen) atoms. The Kier molecular flexibility index (Phi) is 8.92. The lowest BCUT2D eigenvalue weighted by Gasteiger charge is -2.27. The van der Waals surface area contributed by atoms with E-state index in [1.54, 1.807) is 4.90 Å². The van der Waals surface area contributed by atoms with Crippen LogP contribution in [0, 0.1) is 10.1 Å². The third kappa shape index (κ3) is 6.42. The van der Waals surface area contributed by atoms with E-state index in [2.05, 4.69) is 15.3 Å². The van der Waals surface area contributed by atoms with Gasteiger partial charge in [0.1, 0.15) is 0 Å². The number of hydrogen-bond donors (Lipinski definition) is 1. The van der Waals surface area contributed by atoms with Crippen molar-refractivity contribution in [1.82, 2.24) is 9.97 Å². The Bertz CT molecular complexity index is 609. The maximum Gasteiger partial charge on any atom is 0.353 e. The summed E-state index contributed by atoms with van der Waals surface area (Å²) < 4.78 is 16.3. The minimum atomic E-state index is -0.480. The molecule has 0 spiro atoms. The lowest BCUT2D eigenvalue weighted by molar-refractivity contribution is -0.383. The van der Waals surface area contributed by atoms with Crippen LogP contribution >= 0.6 is 11.6 Å². The number of nitro groups is 1. The van der Waals surface area contributed by atoms with E-state index in [0.717, 1.165) is 0 Å². The number of aromatic nitrogens is 2. The van der Waals surface area contributed by atoms with Crippen molar-refractivity contribution in [3.63, 3.8) is 0 Å². The number of nitrogens with one attached hydrogen (secondary N) is 1. The topological polar surface area (TPSA) is 112 Å². The minimum Gasteiger partial charge on any atom is -0.378 e. The van der Waals surface area contributed by atoms with E-state index in [0.29, 0.717) is 58.9 Å². The van der Waals surface area contributed by atoms with E-state index < -0.39 is 4.92 Å². The Hall–Kier alpha value is -1.75. The summed E-state index contributed by atoms with van der Waals surface area (Å²) in [5.74, 6) is 0.332. The van der Waals surface area contributed by atoms with Crippen molar-refractivity contribution in [3.8, 4) is 0 Å². The number of morpholine rings is 1. The summed E-state index contributed by atoms with van der Waals surface area (Å²) in [5.41, 5.74) is -0.174. The molecule has 0 atom stereocenters. The Morgan fingerprint density at radius 3 is 2.56 bits per heavy atom. The Morgan fingerprint density at radius 1 is 1.30 bits per heavy atom. The molecule has 1 fully saturated rings. The number of nitrogens with zero attached hydrogens (tertiary/aromatic N) is 4. The van der Waals surface area contributed by atoms with E-state index in [1.807, 2.05) is 13.8 Å². The summed E-state index contributed by atoms with van der Waals surface area (Å²) in [5, 5.41) is 14.6. The molecular weight excluding hydrogens is 378 g/mol. The summed E-state index contributed by atoms with van der Waals surface area (Å²) in [4.78, 5) is 21.1. The van der Waals surface area contributed by atoms with Gasteiger partial charge in [-0.1, -0.05) is 0 Å². The fourth-order valence-corrected chi connectivity index (χ4v) is 2.93. The highest BCUT2D eigenvalue weighted by Crippen LogP contribution is 2.34. The quantitative estimate of drug-likeness (QED) is 0.196. The normalized spacial score (nSPS) is 14.6. The Balaban J connectivity index is 2.06. The molecule has 11 heteroatoms. The van der Waals surface area contributed by atoms with Crippen LogP contribution in [-0.2, 0) is 14.2 Å². The number of rotatable bonds is 11. The molecule has 152 valence electrons. The highest BCUT2D eigenvalue weighted by Gasteiger charge is 2.29. The average molecular weight is 404 g/mol. The lowest BCUT2D eigenvalue weighted by Crippen LogP contribution is -2.37. The molecule has 1 saturated heterocycles.